The van der Waals surface area contributed by atoms with Crippen LogP contribution in [-0.2, 0) is 24.4 Å². The summed E-state index contributed by atoms with van der Waals surface area (Å²) in [6, 6.07) is 31.0. The molecule has 0 heterocycles. The molecule has 0 unspecified atom stereocenters. The summed E-state index contributed by atoms with van der Waals surface area (Å²) in [4.78, 5) is 0. The molecule has 0 radical (unpaired) electrons. The highest BCUT2D eigenvalue weighted by Crippen LogP contribution is 2.33. The van der Waals surface area contributed by atoms with Gasteiger partial charge in [-0.25, -0.2) is 0 Å². The Bertz CT molecular complexity index is 1340. The van der Waals surface area contributed by atoms with Crippen molar-refractivity contribution in [2.24, 2.45) is 0 Å². The molecule has 0 saturated carbocycles. The Hall–Kier alpha value is -4.48. The van der Waals surface area contributed by atoms with Crippen LogP contribution in [0.25, 0.3) is 0 Å². The van der Waals surface area contributed by atoms with E-state index in [-0.39, 0.29) is 5.41 Å². The van der Waals surface area contributed by atoms with Crippen molar-refractivity contribution >= 4 is 11.4 Å². The number of hydrogen-bond donors (Lipinski definition) is 2. The van der Waals surface area contributed by atoms with E-state index >= 15 is 0 Å². The highest BCUT2D eigenvalue weighted by molar-refractivity contribution is 5.43. The maximum atomic E-state index is 5.86. The predicted octanol–water partition coefficient (Wildman–Crippen LogP) is 6.16. The summed E-state index contributed by atoms with van der Waals surface area (Å²) in [5.41, 5.74) is 15.0. The molecule has 0 aromatic heterocycles. The minimum Gasteiger partial charge on any atom is -0.491 e. The number of hydrogen-bond acceptors (Lipinski definition) is 10. The first kappa shape index (κ1) is 37.3. The van der Waals surface area contributed by atoms with Crippen LogP contribution in [0.2, 0.25) is 0 Å². The van der Waals surface area contributed by atoms with Crippen molar-refractivity contribution in [3.63, 3.8) is 0 Å². The molecule has 0 aliphatic heterocycles. The Morgan fingerprint density at radius 3 is 0.837 bits per heavy atom. The fourth-order valence-electron chi connectivity index (χ4n) is 4.75. The monoisotopic (exact) mass is 674 g/mol. The Morgan fingerprint density at radius 2 is 0.571 bits per heavy atom. The molecule has 0 aliphatic rings. The molecule has 0 bridgehead atoms. The van der Waals surface area contributed by atoms with Crippen LogP contribution in [0.15, 0.2) is 97.1 Å². The van der Waals surface area contributed by atoms with E-state index in [9.17, 15) is 0 Å². The van der Waals surface area contributed by atoms with Gasteiger partial charge in [0.15, 0.2) is 0 Å². The number of nitrogens with two attached hydrogens (primary N) is 2. The summed E-state index contributed by atoms with van der Waals surface area (Å²) >= 11 is 0. The van der Waals surface area contributed by atoms with Crippen LogP contribution in [0.4, 0.5) is 11.4 Å². The molecule has 264 valence electrons. The average Bonchev–Trinajstić information content (AvgIpc) is 3.12. The third-order valence-corrected chi connectivity index (χ3v) is 7.64. The van der Waals surface area contributed by atoms with Gasteiger partial charge in [0.25, 0.3) is 0 Å². The van der Waals surface area contributed by atoms with Crippen LogP contribution in [0, 0.1) is 0 Å². The highest BCUT2D eigenvalue weighted by Gasteiger charge is 2.23. The number of anilines is 2. The van der Waals surface area contributed by atoms with Crippen molar-refractivity contribution in [1.29, 1.82) is 0 Å². The standard InChI is InChI=1S/C39H50N2O8/c1-39(2,31-3-11-35(12-4-31)46-27-23-42-19-21-44-25-29-48-37-15-7-33(40)8-16-37)32-5-13-36(14-6-32)47-28-24-43-20-22-45-26-30-49-38-17-9-34(41)10-18-38/h3-18H,19-30,40-41H2,1-2H3. The first-order valence-electron chi connectivity index (χ1n) is 16.6. The van der Waals surface area contributed by atoms with E-state index in [2.05, 4.69) is 38.1 Å². The number of nitrogen functional groups attached to an aromatic ring is 2. The van der Waals surface area contributed by atoms with Gasteiger partial charge in [-0.05, 0) is 83.9 Å². The van der Waals surface area contributed by atoms with Gasteiger partial charge < -0.3 is 49.4 Å². The second-order valence-electron chi connectivity index (χ2n) is 11.7. The summed E-state index contributed by atoms with van der Waals surface area (Å²) in [6.07, 6.45) is 0. The molecule has 10 heteroatoms. The number of ether oxygens (including phenoxy) is 8. The maximum Gasteiger partial charge on any atom is 0.119 e. The Kier molecular flexibility index (Phi) is 15.8. The normalized spacial score (nSPS) is 11.3. The Morgan fingerprint density at radius 1 is 0.347 bits per heavy atom. The van der Waals surface area contributed by atoms with Gasteiger partial charge in [-0.3, -0.25) is 0 Å². The van der Waals surface area contributed by atoms with Gasteiger partial charge in [-0.1, -0.05) is 38.1 Å². The SMILES string of the molecule is CC(C)(c1ccc(OCCOCCOCCOc2ccc(N)cc2)cc1)c1ccc(OCCOCCOCCOc2ccc(N)cc2)cc1. The molecule has 10 nitrogen and oxygen atoms in total. The lowest BCUT2D eigenvalue weighted by atomic mass is 9.78. The van der Waals surface area contributed by atoms with Crippen molar-refractivity contribution in [3.05, 3.63) is 108 Å². The first-order valence-corrected chi connectivity index (χ1v) is 16.6. The summed E-state index contributed by atoms with van der Waals surface area (Å²) in [6.45, 7) is 10.2. The van der Waals surface area contributed by atoms with Crippen molar-refractivity contribution < 1.29 is 37.9 Å². The predicted molar refractivity (Wildman–Crippen MR) is 192 cm³/mol. The quantitative estimate of drug-likeness (QED) is 0.0660. The first-order chi connectivity index (χ1) is 23.9. The highest BCUT2D eigenvalue weighted by atomic mass is 16.6. The lowest BCUT2D eigenvalue weighted by Gasteiger charge is -2.26. The topological polar surface area (TPSA) is 126 Å². The van der Waals surface area contributed by atoms with Gasteiger partial charge in [-0.2, -0.15) is 0 Å². The van der Waals surface area contributed by atoms with Gasteiger partial charge in [0.2, 0.25) is 0 Å². The third kappa shape index (κ3) is 13.9. The molecule has 4 aromatic carbocycles. The van der Waals surface area contributed by atoms with Crippen LogP contribution in [0.5, 0.6) is 23.0 Å². The minimum absolute atomic E-state index is 0.191. The van der Waals surface area contributed by atoms with E-state index in [1.54, 1.807) is 0 Å². The van der Waals surface area contributed by atoms with E-state index in [0.29, 0.717) is 90.7 Å². The van der Waals surface area contributed by atoms with Gasteiger partial charge in [0, 0.05) is 16.8 Å². The molecular weight excluding hydrogens is 624 g/mol. The lowest BCUT2D eigenvalue weighted by molar-refractivity contribution is 0.0273. The van der Waals surface area contributed by atoms with E-state index in [4.69, 9.17) is 49.4 Å². The molecule has 4 aromatic rings. The fourth-order valence-corrected chi connectivity index (χ4v) is 4.75. The van der Waals surface area contributed by atoms with Crippen LogP contribution in [-0.4, -0.2) is 79.3 Å². The average molecular weight is 675 g/mol. The number of benzene rings is 4. The van der Waals surface area contributed by atoms with Gasteiger partial charge in [-0.15, -0.1) is 0 Å². The Labute approximate surface area is 290 Å². The second kappa shape index (κ2) is 20.8. The van der Waals surface area contributed by atoms with Crippen LogP contribution >= 0.6 is 0 Å². The Balaban J connectivity index is 1.01. The number of rotatable bonds is 24. The smallest absolute Gasteiger partial charge is 0.119 e. The molecule has 49 heavy (non-hydrogen) atoms. The molecule has 4 N–H and O–H groups in total. The molecule has 0 saturated heterocycles. The van der Waals surface area contributed by atoms with E-state index in [1.807, 2.05) is 72.8 Å². The zero-order chi connectivity index (χ0) is 34.6. The summed E-state index contributed by atoms with van der Waals surface area (Å²) in [5, 5.41) is 0. The third-order valence-electron chi connectivity index (χ3n) is 7.64. The largest absolute Gasteiger partial charge is 0.491 e. The molecule has 0 spiro atoms. The molecular formula is C39H50N2O8. The van der Waals surface area contributed by atoms with Crippen molar-refractivity contribution in [1.82, 2.24) is 0 Å². The summed E-state index contributed by atoms with van der Waals surface area (Å²) in [5.74, 6) is 3.16. The maximum absolute atomic E-state index is 5.86. The fraction of sp³-hybridized carbons (Fsp3) is 0.385. The molecule has 4 rings (SSSR count). The van der Waals surface area contributed by atoms with Crippen LogP contribution in [0.3, 0.4) is 0 Å². The van der Waals surface area contributed by atoms with Crippen molar-refractivity contribution in [3.8, 4) is 23.0 Å². The van der Waals surface area contributed by atoms with E-state index in [1.165, 1.54) is 11.1 Å². The van der Waals surface area contributed by atoms with Gasteiger partial charge in [0.05, 0.1) is 52.9 Å². The summed E-state index contributed by atoms with van der Waals surface area (Å²) < 4.78 is 45.3. The molecule has 0 atom stereocenters. The van der Waals surface area contributed by atoms with Crippen molar-refractivity contribution in [2.45, 2.75) is 19.3 Å². The zero-order valence-corrected chi connectivity index (χ0v) is 28.6. The zero-order valence-electron chi connectivity index (χ0n) is 28.6. The van der Waals surface area contributed by atoms with E-state index < -0.39 is 0 Å². The van der Waals surface area contributed by atoms with E-state index in [0.717, 1.165) is 23.0 Å². The van der Waals surface area contributed by atoms with Crippen LogP contribution in [0.1, 0.15) is 25.0 Å². The van der Waals surface area contributed by atoms with Gasteiger partial charge in [0.1, 0.15) is 49.4 Å². The second-order valence-corrected chi connectivity index (χ2v) is 11.7. The molecule has 0 fully saturated rings. The van der Waals surface area contributed by atoms with Gasteiger partial charge >= 0.3 is 0 Å². The van der Waals surface area contributed by atoms with Crippen molar-refractivity contribution in [2.75, 3.05) is 90.7 Å². The summed E-state index contributed by atoms with van der Waals surface area (Å²) in [7, 11) is 0. The molecule has 0 amide bonds. The minimum atomic E-state index is -0.191. The van der Waals surface area contributed by atoms with Crippen LogP contribution < -0.4 is 30.4 Å². The molecule has 0 aliphatic carbocycles. The lowest BCUT2D eigenvalue weighted by Crippen LogP contribution is -2.19.